The van der Waals surface area contributed by atoms with Crippen LogP contribution in [0.3, 0.4) is 0 Å². The summed E-state index contributed by atoms with van der Waals surface area (Å²) < 4.78 is 2.37. The average molecular weight is 331 g/mol. The topological polar surface area (TPSA) is 9.37 Å². The quantitative estimate of drug-likeness (QED) is 0.604. The fraction of sp³-hybridized carbons (Fsp3) is 0.217. The lowest BCUT2D eigenvalue weighted by molar-refractivity contribution is -0.922. The first-order valence-corrected chi connectivity index (χ1v) is 8.93. The van der Waals surface area contributed by atoms with Gasteiger partial charge in [-0.25, -0.2) is 0 Å². The van der Waals surface area contributed by atoms with E-state index >= 15 is 0 Å². The minimum atomic E-state index is 0.932. The molecule has 0 aliphatic rings. The average Bonchev–Trinajstić information content (AvgIpc) is 3.05. The van der Waals surface area contributed by atoms with E-state index in [0.717, 1.165) is 26.2 Å². The van der Waals surface area contributed by atoms with Crippen molar-refractivity contribution in [3.05, 3.63) is 108 Å². The Kier molecular flexibility index (Phi) is 5.86. The molecule has 1 N–H and O–H groups in total. The maximum absolute atomic E-state index is 3.95. The molecule has 0 saturated carbocycles. The van der Waals surface area contributed by atoms with E-state index in [-0.39, 0.29) is 0 Å². The normalized spacial score (nSPS) is 12.0. The number of aromatic nitrogens is 1. The van der Waals surface area contributed by atoms with Gasteiger partial charge in [-0.05, 0) is 36.3 Å². The number of hydrogen-bond acceptors (Lipinski definition) is 0. The standard InChI is InChI=1S/C23H26N2/c1-3-15-24(17-21-11-5-4-6-12-21)19-23-14-9-16-25(23)18-22-13-8-7-10-20(22)2/h3-14,16H,1,15,17-19H2,2H3/p+1. The van der Waals surface area contributed by atoms with Gasteiger partial charge >= 0.3 is 0 Å². The number of nitrogens with zero attached hydrogens (tertiary/aromatic N) is 1. The highest BCUT2D eigenvalue weighted by atomic mass is 15.1. The first-order valence-electron chi connectivity index (χ1n) is 8.93. The number of nitrogens with one attached hydrogen (secondary N) is 1. The zero-order valence-electron chi connectivity index (χ0n) is 15.0. The lowest BCUT2D eigenvalue weighted by Crippen LogP contribution is -3.09. The predicted octanol–water partition coefficient (Wildman–Crippen LogP) is 3.62. The van der Waals surface area contributed by atoms with E-state index in [0.29, 0.717) is 0 Å². The number of rotatable bonds is 8. The highest BCUT2D eigenvalue weighted by molar-refractivity contribution is 5.26. The van der Waals surface area contributed by atoms with Crippen LogP contribution in [0.4, 0.5) is 0 Å². The third-order valence-electron chi connectivity index (χ3n) is 4.69. The third kappa shape index (κ3) is 4.71. The van der Waals surface area contributed by atoms with Gasteiger partial charge in [-0.1, -0.05) is 61.2 Å². The van der Waals surface area contributed by atoms with Gasteiger partial charge in [-0.3, -0.25) is 0 Å². The molecule has 1 atom stereocenters. The van der Waals surface area contributed by atoms with Crippen LogP contribution in [-0.4, -0.2) is 11.1 Å². The Morgan fingerprint density at radius 3 is 2.44 bits per heavy atom. The Morgan fingerprint density at radius 2 is 1.68 bits per heavy atom. The highest BCUT2D eigenvalue weighted by Gasteiger charge is 2.12. The van der Waals surface area contributed by atoms with E-state index in [1.165, 1.54) is 27.3 Å². The predicted molar refractivity (Wildman–Crippen MR) is 105 cm³/mol. The van der Waals surface area contributed by atoms with E-state index in [1.54, 1.807) is 0 Å². The molecule has 0 aliphatic carbocycles. The molecule has 2 heteroatoms. The van der Waals surface area contributed by atoms with E-state index in [4.69, 9.17) is 0 Å². The van der Waals surface area contributed by atoms with Crippen LogP contribution in [0.2, 0.25) is 0 Å². The maximum Gasteiger partial charge on any atom is 0.119 e. The smallest absolute Gasteiger partial charge is 0.119 e. The minimum Gasteiger partial charge on any atom is -0.342 e. The van der Waals surface area contributed by atoms with Crippen LogP contribution < -0.4 is 4.90 Å². The fourth-order valence-electron chi connectivity index (χ4n) is 3.29. The largest absolute Gasteiger partial charge is 0.342 e. The minimum absolute atomic E-state index is 0.932. The van der Waals surface area contributed by atoms with Crippen molar-refractivity contribution in [3.8, 4) is 0 Å². The van der Waals surface area contributed by atoms with Crippen molar-refractivity contribution in [2.75, 3.05) is 6.54 Å². The molecule has 0 fully saturated rings. The highest BCUT2D eigenvalue weighted by Crippen LogP contribution is 2.11. The van der Waals surface area contributed by atoms with Crippen LogP contribution >= 0.6 is 0 Å². The molecule has 0 radical (unpaired) electrons. The van der Waals surface area contributed by atoms with E-state index in [2.05, 4.69) is 91.0 Å². The Balaban J connectivity index is 1.74. The molecular weight excluding hydrogens is 304 g/mol. The summed E-state index contributed by atoms with van der Waals surface area (Å²) in [6.07, 6.45) is 4.21. The molecule has 25 heavy (non-hydrogen) atoms. The molecule has 2 aromatic carbocycles. The zero-order chi connectivity index (χ0) is 17.5. The first kappa shape index (κ1) is 17.2. The molecule has 0 amide bonds. The summed E-state index contributed by atoms with van der Waals surface area (Å²) in [6.45, 7) is 10.0. The second-order valence-electron chi connectivity index (χ2n) is 6.64. The van der Waals surface area contributed by atoms with E-state index in [9.17, 15) is 0 Å². The summed E-state index contributed by atoms with van der Waals surface area (Å²) in [5.41, 5.74) is 5.47. The second-order valence-corrected chi connectivity index (χ2v) is 6.64. The van der Waals surface area contributed by atoms with Gasteiger partial charge in [0.15, 0.2) is 0 Å². The van der Waals surface area contributed by atoms with Crippen LogP contribution in [-0.2, 0) is 19.6 Å². The molecule has 0 spiro atoms. The fourth-order valence-corrected chi connectivity index (χ4v) is 3.29. The van der Waals surface area contributed by atoms with Crippen molar-refractivity contribution in [2.45, 2.75) is 26.6 Å². The van der Waals surface area contributed by atoms with Crippen molar-refractivity contribution in [3.63, 3.8) is 0 Å². The SMILES string of the molecule is C=CC[NH+](Cc1ccccc1)Cc1cccn1Cc1ccccc1C. The van der Waals surface area contributed by atoms with Gasteiger partial charge in [0.25, 0.3) is 0 Å². The maximum atomic E-state index is 3.95. The molecule has 2 nitrogen and oxygen atoms in total. The molecule has 1 heterocycles. The number of quaternary nitrogens is 1. The number of benzene rings is 2. The molecule has 128 valence electrons. The molecule has 1 aromatic heterocycles. The van der Waals surface area contributed by atoms with Crippen LogP contribution in [0.5, 0.6) is 0 Å². The summed E-state index contributed by atoms with van der Waals surface area (Å²) in [5.74, 6) is 0. The van der Waals surface area contributed by atoms with Crippen LogP contribution in [0, 0.1) is 6.92 Å². The molecule has 3 aromatic rings. The Morgan fingerprint density at radius 1 is 0.920 bits per heavy atom. The van der Waals surface area contributed by atoms with Gasteiger partial charge in [0.05, 0.1) is 12.2 Å². The molecule has 0 bridgehead atoms. The van der Waals surface area contributed by atoms with Crippen LogP contribution in [0.15, 0.2) is 85.6 Å². The third-order valence-corrected chi connectivity index (χ3v) is 4.69. The van der Waals surface area contributed by atoms with Gasteiger partial charge in [0.1, 0.15) is 13.1 Å². The molecule has 3 rings (SSSR count). The molecule has 0 aliphatic heterocycles. The first-order chi connectivity index (χ1) is 12.3. The van der Waals surface area contributed by atoms with Crippen molar-refractivity contribution in [1.82, 2.24) is 4.57 Å². The molecular formula is C23H27N2+. The number of hydrogen-bond donors (Lipinski definition) is 1. The summed E-state index contributed by atoms with van der Waals surface area (Å²) in [7, 11) is 0. The van der Waals surface area contributed by atoms with Crippen molar-refractivity contribution in [2.24, 2.45) is 0 Å². The Hall–Kier alpha value is -2.58. The van der Waals surface area contributed by atoms with Crippen LogP contribution in [0.25, 0.3) is 0 Å². The van der Waals surface area contributed by atoms with Crippen molar-refractivity contribution in [1.29, 1.82) is 0 Å². The zero-order valence-corrected chi connectivity index (χ0v) is 15.0. The van der Waals surface area contributed by atoms with Crippen molar-refractivity contribution < 1.29 is 4.90 Å². The van der Waals surface area contributed by atoms with E-state index in [1.807, 2.05) is 6.08 Å². The van der Waals surface area contributed by atoms with Crippen molar-refractivity contribution >= 4 is 0 Å². The summed E-state index contributed by atoms with van der Waals surface area (Å²) in [4.78, 5) is 1.51. The van der Waals surface area contributed by atoms with Gasteiger partial charge in [-0.2, -0.15) is 0 Å². The second kappa shape index (κ2) is 8.50. The van der Waals surface area contributed by atoms with Gasteiger partial charge in [0.2, 0.25) is 0 Å². The van der Waals surface area contributed by atoms with Crippen LogP contribution in [0.1, 0.15) is 22.4 Å². The van der Waals surface area contributed by atoms with Gasteiger partial charge < -0.3 is 9.47 Å². The number of aryl methyl sites for hydroxylation is 1. The summed E-state index contributed by atoms with van der Waals surface area (Å²) in [5, 5.41) is 0. The van der Waals surface area contributed by atoms with Gasteiger partial charge in [-0.15, -0.1) is 0 Å². The molecule has 1 unspecified atom stereocenters. The Bertz CT molecular complexity index is 802. The summed E-state index contributed by atoms with van der Waals surface area (Å²) in [6, 6.07) is 23.7. The summed E-state index contributed by atoms with van der Waals surface area (Å²) >= 11 is 0. The lowest BCUT2D eigenvalue weighted by atomic mass is 10.1. The molecule has 0 saturated heterocycles. The Labute approximate surface area is 151 Å². The van der Waals surface area contributed by atoms with E-state index < -0.39 is 0 Å². The monoisotopic (exact) mass is 331 g/mol. The lowest BCUT2D eigenvalue weighted by Gasteiger charge is -2.19. The van der Waals surface area contributed by atoms with Gasteiger partial charge in [0, 0.05) is 18.3 Å².